The lowest BCUT2D eigenvalue weighted by molar-refractivity contribution is -0.368. The third-order valence-corrected chi connectivity index (χ3v) is 7.71. The number of hydrogen-bond donors (Lipinski definition) is 8. The molecule has 0 amide bonds. The zero-order valence-corrected chi connectivity index (χ0v) is 22.1. The smallest absolute Gasteiger partial charge is 0.335 e. The van der Waals surface area contributed by atoms with E-state index in [0.29, 0.717) is 24.8 Å². The molecule has 2 aliphatic heterocycles. The van der Waals surface area contributed by atoms with Gasteiger partial charge in [-0.15, -0.1) is 0 Å². The van der Waals surface area contributed by atoms with E-state index in [9.17, 15) is 50.4 Å². The number of carboxylic acid groups (broad SMARTS) is 1. The number of carbonyl (C=O) groups excluding carboxylic acids is 1. The fraction of sp³-hybridized carbons (Fsp3) is 0.840. The molecule has 0 saturated carbocycles. The summed E-state index contributed by atoms with van der Waals surface area (Å²) < 4.78 is 22.3. The van der Waals surface area contributed by atoms with E-state index in [1.165, 1.54) is 6.08 Å². The second-order valence-electron chi connectivity index (χ2n) is 11.1. The predicted octanol–water partition coefficient (Wildman–Crippen LogP) is -2.58. The van der Waals surface area contributed by atoms with Crippen LogP contribution in [0, 0.1) is 11.3 Å². The third kappa shape index (κ3) is 7.02. The Kier molecular flexibility index (Phi) is 10.6. The minimum absolute atomic E-state index is 0.0577. The molecule has 3 rings (SSSR count). The van der Waals surface area contributed by atoms with Crippen molar-refractivity contribution in [2.24, 2.45) is 11.3 Å². The molecule has 0 aromatic carbocycles. The van der Waals surface area contributed by atoms with E-state index in [1.54, 1.807) is 6.92 Å². The molecule has 0 aromatic rings. The van der Waals surface area contributed by atoms with E-state index < -0.39 is 85.5 Å². The van der Waals surface area contributed by atoms with Crippen LogP contribution in [0.5, 0.6) is 0 Å². The van der Waals surface area contributed by atoms with Crippen LogP contribution in [0.2, 0.25) is 0 Å². The summed E-state index contributed by atoms with van der Waals surface area (Å²) in [6, 6.07) is 0. The Morgan fingerprint density at radius 2 is 1.69 bits per heavy atom. The molecule has 2 heterocycles. The number of carboxylic acids is 1. The maximum absolute atomic E-state index is 12.0. The summed E-state index contributed by atoms with van der Waals surface area (Å²) in [4.78, 5) is 23.5. The van der Waals surface area contributed by atoms with Gasteiger partial charge in [0.15, 0.2) is 24.5 Å². The maximum atomic E-state index is 12.0. The molecule has 2 saturated heterocycles. The third-order valence-electron chi connectivity index (χ3n) is 7.71. The van der Waals surface area contributed by atoms with Gasteiger partial charge in [-0.3, -0.25) is 4.79 Å². The Morgan fingerprint density at radius 3 is 2.28 bits per heavy atom. The van der Waals surface area contributed by atoms with Crippen molar-refractivity contribution in [1.82, 2.24) is 0 Å². The van der Waals surface area contributed by atoms with Crippen molar-refractivity contribution in [2.45, 2.75) is 108 Å². The highest BCUT2D eigenvalue weighted by Gasteiger charge is 2.52. The number of carbonyl (C=O) groups is 2. The first kappa shape index (κ1) is 32.0. The first-order valence-corrected chi connectivity index (χ1v) is 12.9. The van der Waals surface area contributed by atoms with E-state index in [-0.39, 0.29) is 18.3 Å². The maximum Gasteiger partial charge on any atom is 0.335 e. The Labute approximate surface area is 225 Å². The predicted molar refractivity (Wildman–Crippen MR) is 129 cm³/mol. The minimum atomic E-state index is -1.96. The van der Waals surface area contributed by atoms with Crippen molar-refractivity contribution in [1.29, 1.82) is 0 Å². The van der Waals surface area contributed by atoms with Crippen LogP contribution < -0.4 is 0 Å². The summed E-state index contributed by atoms with van der Waals surface area (Å²) in [5, 5.41) is 80.1. The molecule has 14 nitrogen and oxygen atoms in total. The van der Waals surface area contributed by atoms with Gasteiger partial charge in [-0.25, -0.2) is 4.79 Å². The summed E-state index contributed by atoms with van der Waals surface area (Å²) in [6.07, 6.45) is -15.2. The average molecular weight is 565 g/mol. The lowest BCUT2D eigenvalue weighted by Gasteiger charge is -2.46. The standard InChI is InChI=1S/C25H40O14/c1-10(4-5-13-11(8-26)6-12(28)7-25(13,2)3)36-24-21(17(31)15(29)14(9-27)37-24)39-23-19(33)16(30)18(32)20(38-23)22(34)35/h6,10,13-21,23-24,26-27,29-33H,4-5,7-9H2,1-3H3,(H,34,35)/t10?,13?,14-,15-,16+,17+,18+,19-,20+,21-,23+,24-/m1/s1. The van der Waals surface area contributed by atoms with Gasteiger partial charge in [0.1, 0.15) is 42.7 Å². The molecule has 224 valence electrons. The first-order valence-electron chi connectivity index (χ1n) is 12.9. The molecule has 0 radical (unpaired) electrons. The summed E-state index contributed by atoms with van der Waals surface area (Å²) >= 11 is 0. The summed E-state index contributed by atoms with van der Waals surface area (Å²) in [6.45, 7) is 4.63. The van der Waals surface area contributed by atoms with Crippen LogP contribution in [-0.2, 0) is 28.5 Å². The number of allylic oxidation sites excluding steroid dienone is 1. The second kappa shape index (κ2) is 13.0. The average Bonchev–Trinajstić information content (AvgIpc) is 2.86. The van der Waals surface area contributed by atoms with E-state index in [1.807, 2.05) is 13.8 Å². The summed E-state index contributed by atoms with van der Waals surface area (Å²) in [7, 11) is 0. The Bertz CT molecular complexity index is 892. The van der Waals surface area contributed by atoms with Crippen LogP contribution in [0.4, 0.5) is 0 Å². The molecule has 14 heteroatoms. The van der Waals surface area contributed by atoms with E-state index in [0.717, 1.165) is 0 Å². The lowest BCUT2D eigenvalue weighted by atomic mass is 9.66. The van der Waals surface area contributed by atoms with Crippen molar-refractivity contribution in [2.75, 3.05) is 13.2 Å². The van der Waals surface area contributed by atoms with Crippen LogP contribution in [0.1, 0.15) is 40.0 Å². The number of aliphatic hydroxyl groups is 7. The van der Waals surface area contributed by atoms with Crippen molar-refractivity contribution in [3.63, 3.8) is 0 Å². The first-order chi connectivity index (χ1) is 18.2. The van der Waals surface area contributed by atoms with Gasteiger partial charge in [-0.05, 0) is 42.7 Å². The molecule has 2 unspecified atom stereocenters. The van der Waals surface area contributed by atoms with Crippen LogP contribution in [0.25, 0.3) is 0 Å². The molecule has 8 N–H and O–H groups in total. The van der Waals surface area contributed by atoms with Gasteiger partial charge < -0.3 is 59.8 Å². The largest absolute Gasteiger partial charge is 0.479 e. The summed E-state index contributed by atoms with van der Waals surface area (Å²) in [5.41, 5.74) is 0.217. The second-order valence-corrected chi connectivity index (χ2v) is 11.1. The van der Waals surface area contributed by atoms with Gasteiger partial charge in [-0.1, -0.05) is 13.8 Å². The quantitative estimate of drug-likeness (QED) is 0.136. The van der Waals surface area contributed by atoms with Crippen LogP contribution >= 0.6 is 0 Å². The number of aliphatic carboxylic acids is 1. The molecule has 2 fully saturated rings. The van der Waals surface area contributed by atoms with Crippen molar-refractivity contribution < 1.29 is 69.4 Å². The molecular weight excluding hydrogens is 524 g/mol. The molecule has 1 aliphatic carbocycles. The Morgan fingerprint density at radius 1 is 1.03 bits per heavy atom. The zero-order chi connectivity index (χ0) is 29.2. The lowest BCUT2D eigenvalue weighted by Crippen LogP contribution is -2.65. The van der Waals surface area contributed by atoms with Gasteiger partial charge >= 0.3 is 5.97 Å². The highest BCUT2D eigenvalue weighted by Crippen LogP contribution is 2.42. The van der Waals surface area contributed by atoms with Crippen molar-refractivity contribution in [3.8, 4) is 0 Å². The normalized spacial score (nSPS) is 41.6. The van der Waals surface area contributed by atoms with Gasteiger partial charge in [0.25, 0.3) is 0 Å². The molecule has 0 bridgehead atoms. The van der Waals surface area contributed by atoms with Gasteiger partial charge in [-0.2, -0.15) is 0 Å². The van der Waals surface area contributed by atoms with Crippen LogP contribution in [-0.4, -0.2) is 133 Å². The SMILES string of the molecule is CC(CCC1C(CO)=CC(=O)CC1(C)C)O[C@@H]1O[C@H](CO)[C@@H](O)[C@H](O)[C@H]1O[C@@H]1O[C@H](C(=O)O)[C@@H](O)[C@H](O)[C@H]1O. The van der Waals surface area contributed by atoms with Gasteiger partial charge in [0, 0.05) is 6.42 Å². The number of ether oxygens (including phenoxy) is 4. The topological polar surface area (TPSA) is 233 Å². The number of hydrogen-bond acceptors (Lipinski definition) is 13. The molecule has 3 aliphatic rings. The highest BCUT2D eigenvalue weighted by atomic mass is 16.8. The van der Waals surface area contributed by atoms with Gasteiger partial charge in [0.05, 0.1) is 19.3 Å². The Balaban J connectivity index is 1.74. The van der Waals surface area contributed by atoms with Crippen LogP contribution in [0.3, 0.4) is 0 Å². The molecular formula is C25H40O14. The summed E-state index contributed by atoms with van der Waals surface area (Å²) in [5.74, 6) is -1.81. The fourth-order valence-electron chi connectivity index (χ4n) is 5.49. The molecule has 0 spiro atoms. The zero-order valence-electron chi connectivity index (χ0n) is 22.1. The number of aliphatic hydroxyl groups excluding tert-OH is 7. The van der Waals surface area contributed by atoms with Gasteiger partial charge in [0.2, 0.25) is 0 Å². The monoisotopic (exact) mass is 564 g/mol. The molecule has 0 aromatic heterocycles. The van der Waals surface area contributed by atoms with Crippen molar-refractivity contribution in [3.05, 3.63) is 11.6 Å². The number of ketones is 1. The molecule has 39 heavy (non-hydrogen) atoms. The molecule has 12 atom stereocenters. The highest BCUT2D eigenvalue weighted by molar-refractivity contribution is 5.92. The van der Waals surface area contributed by atoms with E-state index in [4.69, 9.17) is 18.9 Å². The Hall–Kier alpha value is -1.56. The minimum Gasteiger partial charge on any atom is -0.479 e. The van der Waals surface area contributed by atoms with E-state index in [2.05, 4.69) is 0 Å². The van der Waals surface area contributed by atoms with Crippen molar-refractivity contribution >= 4 is 11.8 Å². The van der Waals surface area contributed by atoms with E-state index >= 15 is 0 Å². The van der Waals surface area contributed by atoms with Crippen LogP contribution in [0.15, 0.2) is 11.6 Å². The fourth-order valence-corrected chi connectivity index (χ4v) is 5.49. The number of rotatable bonds is 10.